The van der Waals surface area contributed by atoms with Gasteiger partial charge >= 0.3 is 0 Å². The Hall–Kier alpha value is -0.760. The number of quaternary nitrogens is 1. The van der Waals surface area contributed by atoms with Gasteiger partial charge in [0.25, 0.3) is 7.82 Å². The van der Waals surface area contributed by atoms with Crippen molar-refractivity contribution in [3.8, 4) is 0 Å². The molecule has 0 saturated heterocycles. The summed E-state index contributed by atoms with van der Waals surface area (Å²) in [7, 11) is 1.29. The molecule has 0 bridgehead atoms. The average Bonchev–Trinajstić information content (AvgIpc) is 3.47. The van der Waals surface area contributed by atoms with Gasteiger partial charge in [-0.3, -0.25) is 9.36 Å². The van der Waals surface area contributed by atoms with Crippen molar-refractivity contribution in [3.05, 3.63) is 12.2 Å². The quantitative estimate of drug-likeness (QED) is 0.0272. The Bertz CT molecular complexity index is 1340. The van der Waals surface area contributed by atoms with Crippen LogP contribution in [0.3, 0.4) is 0 Å². The van der Waals surface area contributed by atoms with Crippen LogP contribution in [0.5, 0.6) is 0 Å². The fourth-order valence-electron chi connectivity index (χ4n) is 11.7. The molecule has 8 nitrogen and oxygen atoms in total. The van der Waals surface area contributed by atoms with Crippen LogP contribution >= 0.6 is 7.82 Å². The van der Waals surface area contributed by atoms with E-state index < -0.39 is 20.0 Å². The third kappa shape index (κ3) is 66.8. The lowest BCUT2D eigenvalue weighted by atomic mass is 10.0. The number of unbranched alkanes of at least 4 members (excludes halogenated alkanes) is 57. The molecular formula is C73H147N2O6P. The molecule has 3 atom stereocenters. The number of nitrogens with zero attached hydrogens (tertiary/aromatic N) is 1. The fraction of sp³-hybridized carbons (Fsp3) is 0.959. The largest absolute Gasteiger partial charge is 0.756 e. The first-order chi connectivity index (χ1) is 40.0. The van der Waals surface area contributed by atoms with Crippen molar-refractivity contribution in [2.75, 3.05) is 40.9 Å². The summed E-state index contributed by atoms with van der Waals surface area (Å²) >= 11 is 0. The number of hydrogen-bond donors (Lipinski definition) is 2. The number of carbonyl (C=O) groups excluding carboxylic acids is 1. The minimum atomic E-state index is -4.60. The fourth-order valence-corrected chi connectivity index (χ4v) is 12.5. The van der Waals surface area contributed by atoms with Gasteiger partial charge in [-0.15, -0.1) is 0 Å². The second-order valence-corrected chi connectivity index (χ2v) is 28.4. The molecule has 0 spiro atoms. The number of likely N-dealkylation sites (N-methyl/N-ethyl adjacent to an activating group) is 1. The Labute approximate surface area is 513 Å². The van der Waals surface area contributed by atoms with E-state index in [-0.39, 0.29) is 19.1 Å². The normalized spacial score (nSPS) is 13.6. The molecule has 0 aromatic rings. The van der Waals surface area contributed by atoms with Gasteiger partial charge < -0.3 is 28.8 Å². The molecule has 0 rings (SSSR count). The summed E-state index contributed by atoms with van der Waals surface area (Å²) in [6.45, 7) is 4.73. The van der Waals surface area contributed by atoms with Crippen molar-refractivity contribution >= 4 is 13.7 Å². The zero-order chi connectivity index (χ0) is 59.8. The minimum Gasteiger partial charge on any atom is -0.756 e. The van der Waals surface area contributed by atoms with Crippen LogP contribution in [0.2, 0.25) is 0 Å². The number of carbonyl (C=O) groups is 1. The molecule has 0 aromatic heterocycles. The molecule has 3 unspecified atom stereocenters. The van der Waals surface area contributed by atoms with E-state index >= 15 is 0 Å². The molecule has 0 fully saturated rings. The molecule has 0 aromatic carbocycles. The van der Waals surface area contributed by atoms with Crippen molar-refractivity contribution in [2.45, 2.75) is 411 Å². The number of amides is 1. The van der Waals surface area contributed by atoms with Crippen LogP contribution in [0.25, 0.3) is 0 Å². The van der Waals surface area contributed by atoms with Gasteiger partial charge in [0.05, 0.1) is 39.9 Å². The summed E-state index contributed by atoms with van der Waals surface area (Å²) in [5.41, 5.74) is 0. The second kappa shape index (κ2) is 64.7. The number of rotatable bonds is 70. The Kier molecular flexibility index (Phi) is 64.1. The number of aliphatic hydroxyl groups is 1. The van der Waals surface area contributed by atoms with Crippen molar-refractivity contribution in [1.29, 1.82) is 0 Å². The summed E-state index contributed by atoms with van der Waals surface area (Å²) in [6, 6.07) is -0.884. The van der Waals surface area contributed by atoms with E-state index in [0.717, 1.165) is 38.5 Å². The lowest BCUT2D eigenvalue weighted by Gasteiger charge is -2.29. The summed E-state index contributed by atoms with van der Waals surface area (Å²) in [4.78, 5) is 25.7. The van der Waals surface area contributed by atoms with Gasteiger partial charge in [0.2, 0.25) is 5.91 Å². The summed E-state index contributed by atoms with van der Waals surface area (Å²) in [6.07, 6.45) is 83.5. The van der Waals surface area contributed by atoms with Gasteiger partial charge in [-0.1, -0.05) is 386 Å². The van der Waals surface area contributed by atoms with Crippen LogP contribution < -0.4 is 10.2 Å². The van der Waals surface area contributed by atoms with Crippen LogP contribution in [0.4, 0.5) is 0 Å². The highest BCUT2D eigenvalue weighted by Gasteiger charge is 2.23. The zero-order valence-electron chi connectivity index (χ0n) is 56.2. The molecule has 0 radical (unpaired) electrons. The van der Waals surface area contributed by atoms with Gasteiger partial charge in [-0.2, -0.15) is 0 Å². The van der Waals surface area contributed by atoms with Crippen LogP contribution in [-0.4, -0.2) is 68.5 Å². The SMILES string of the molecule is CCCCCCCCCCCCCCCCCCCCCCCCCCCCCCC/C=C/C(O)C(COP(=O)([O-])OCC[N+](C)(C)C)NC(=O)CCCCCCCCCCCCCCCCCCCCCCCCCCCCCCC. The summed E-state index contributed by atoms with van der Waals surface area (Å²) in [5.74, 6) is -0.186. The first kappa shape index (κ1) is 81.2. The van der Waals surface area contributed by atoms with Crippen molar-refractivity contribution in [1.82, 2.24) is 5.32 Å². The third-order valence-electron chi connectivity index (χ3n) is 17.5. The predicted molar refractivity (Wildman–Crippen MR) is 358 cm³/mol. The van der Waals surface area contributed by atoms with Gasteiger partial charge in [0, 0.05) is 6.42 Å². The molecule has 82 heavy (non-hydrogen) atoms. The van der Waals surface area contributed by atoms with Crippen LogP contribution in [0.1, 0.15) is 399 Å². The van der Waals surface area contributed by atoms with Crippen molar-refractivity contribution in [2.24, 2.45) is 0 Å². The van der Waals surface area contributed by atoms with Crippen LogP contribution in [-0.2, 0) is 18.4 Å². The molecule has 0 heterocycles. The molecule has 0 aliphatic carbocycles. The Morgan fingerprint density at radius 2 is 0.659 bits per heavy atom. The maximum atomic E-state index is 13.1. The van der Waals surface area contributed by atoms with Gasteiger partial charge in [0.1, 0.15) is 13.2 Å². The molecule has 0 saturated carbocycles. The number of phosphoric ester groups is 1. The van der Waals surface area contributed by atoms with E-state index in [9.17, 15) is 19.4 Å². The minimum absolute atomic E-state index is 0.00309. The molecular weight excluding hydrogens is 1030 g/mol. The van der Waals surface area contributed by atoms with Gasteiger partial charge in [-0.05, 0) is 19.3 Å². The average molecular weight is 1180 g/mol. The lowest BCUT2D eigenvalue weighted by molar-refractivity contribution is -0.870. The van der Waals surface area contributed by atoms with E-state index in [4.69, 9.17) is 9.05 Å². The Balaban J connectivity index is 3.99. The maximum Gasteiger partial charge on any atom is 0.268 e. The molecule has 2 N–H and O–H groups in total. The van der Waals surface area contributed by atoms with E-state index in [1.807, 2.05) is 27.2 Å². The number of hydrogen-bond acceptors (Lipinski definition) is 6. The lowest BCUT2D eigenvalue weighted by Crippen LogP contribution is -2.45. The smallest absolute Gasteiger partial charge is 0.268 e. The number of aliphatic hydroxyl groups excluding tert-OH is 1. The summed E-state index contributed by atoms with van der Waals surface area (Å²) in [5, 5.41) is 14.0. The highest BCUT2D eigenvalue weighted by Crippen LogP contribution is 2.38. The van der Waals surface area contributed by atoms with E-state index in [1.165, 1.54) is 340 Å². The third-order valence-corrected chi connectivity index (χ3v) is 18.5. The molecule has 0 aliphatic heterocycles. The van der Waals surface area contributed by atoms with E-state index in [0.29, 0.717) is 17.4 Å². The van der Waals surface area contributed by atoms with E-state index in [1.54, 1.807) is 6.08 Å². The van der Waals surface area contributed by atoms with Crippen molar-refractivity contribution in [3.63, 3.8) is 0 Å². The standard InChI is InChI=1S/C73H147N2O6P/c1-6-8-10-12-14-16-18-20-22-24-26-28-30-32-34-36-37-39-40-42-44-46-48-50-52-54-56-58-60-62-64-66-72(76)71(70-81-82(78,79)80-69-68-75(3,4)5)74-73(77)67-65-63-61-59-57-55-53-51-49-47-45-43-41-38-35-33-31-29-27-25-23-21-19-17-15-13-11-9-7-2/h64,66,71-72,76H,6-63,65,67-70H2,1-5H3,(H-,74,77,78,79)/b66-64+. The molecule has 1 amide bonds. The highest BCUT2D eigenvalue weighted by molar-refractivity contribution is 7.45. The van der Waals surface area contributed by atoms with E-state index in [2.05, 4.69) is 19.2 Å². The van der Waals surface area contributed by atoms with Crippen molar-refractivity contribution < 1.29 is 32.9 Å². The second-order valence-electron chi connectivity index (χ2n) is 27.0. The predicted octanol–water partition coefficient (Wildman–Crippen LogP) is 23.0. The van der Waals surface area contributed by atoms with Crippen LogP contribution in [0, 0.1) is 0 Å². The number of phosphoric acid groups is 1. The van der Waals surface area contributed by atoms with Crippen LogP contribution in [0.15, 0.2) is 12.2 Å². The topological polar surface area (TPSA) is 108 Å². The highest BCUT2D eigenvalue weighted by atomic mass is 31.2. The zero-order valence-corrected chi connectivity index (χ0v) is 57.1. The summed E-state index contributed by atoms with van der Waals surface area (Å²) < 4.78 is 23.5. The maximum absolute atomic E-state index is 13.1. The first-order valence-electron chi connectivity index (χ1n) is 37.1. The number of allylic oxidation sites excluding steroid dienone is 1. The molecule has 0 aliphatic rings. The monoisotopic (exact) mass is 1180 g/mol. The van der Waals surface area contributed by atoms with Gasteiger partial charge in [0.15, 0.2) is 0 Å². The molecule has 9 heteroatoms. The number of nitrogens with one attached hydrogen (secondary N) is 1. The Morgan fingerprint density at radius 1 is 0.415 bits per heavy atom. The van der Waals surface area contributed by atoms with Gasteiger partial charge in [-0.25, -0.2) is 0 Å². The Morgan fingerprint density at radius 3 is 0.915 bits per heavy atom. The molecule has 490 valence electrons. The first-order valence-corrected chi connectivity index (χ1v) is 38.5.